The van der Waals surface area contributed by atoms with Gasteiger partial charge in [0.25, 0.3) is 5.91 Å². The summed E-state index contributed by atoms with van der Waals surface area (Å²) < 4.78 is 5.30. The summed E-state index contributed by atoms with van der Waals surface area (Å²) >= 11 is 0. The van der Waals surface area contributed by atoms with Crippen molar-refractivity contribution < 1.29 is 9.53 Å². The van der Waals surface area contributed by atoms with Crippen LogP contribution in [0.25, 0.3) is 0 Å². The SMILES string of the molecule is COc1ccc(CN2C(=O)c3c(C)cc(Nc4ncncc4C#N)cc3C23CCCCC3)cc1. The van der Waals surface area contributed by atoms with E-state index in [0.29, 0.717) is 17.9 Å². The monoisotopic (exact) mass is 453 g/mol. The fourth-order valence-corrected chi connectivity index (χ4v) is 5.45. The molecule has 1 amide bonds. The average molecular weight is 454 g/mol. The smallest absolute Gasteiger partial charge is 0.255 e. The van der Waals surface area contributed by atoms with Crippen molar-refractivity contribution >= 4 is 17.4 Å². The Morgan fingerprint density at radius 1 is 1.18 bits per heavy atom. The van der Waals surface area contributed by atoms with Gasteiger partial charge in [0.05, 0.1) is 18.8 Å². The van der Waals surface area contributed by atoms with E-state index in [-0.39, 0.29) is 11.4 Å². The van der Waals surface area contributed by atoms with E-state index >= 15 is 0 Å². The number of benzene rings is 2. The lowest BCUT2D eigenvalue weighted by molar-refractivity contribution is 0.0387. The van der Waals surface area contributed by atoms with E-state index in [2.05, 4.69) is 32.3 Å². The highest BCUT2D eigenvalue weighted by molar-refractivity contribution is 6.02. The topological polar surface area (TPSA) is 91.1 Å². The number of aryl methyl sites for hydroxylation is 1. The highest BCUT2D eigenvalue weighted by Crippen LogP contribution is 2.51. The zero-order valence-electron chi connectivity index (χ0n) is 19.5. The number of amides is 1. The first kappa shape index (κ1) is 21.9. The minimum Gasteiger partial charge on any atom is -0.497 e. The lowest BCUT2D eigenvalue weighted by Gasteiger charge is -2.42. The molecule has 0 atom stereocenters. The van der Waals surface area contributed by atoms with Gasteiger partial charge < -0.3 is 15.0 Å². The van der Waals surface area contributed by atoms with Crippen molar-refractivity contribution in [3.63, 3.8) is 0 Å². The van der Waals surface area contributed by atoms with Gasteiger partial charge in [-0.1, -0.05) is 31.4 Å². The van der Waals surface area contributed by atoms with Gasteiger partial charge in [-0.3, -0.25) is 4.79 Å². The molecule has 1 spiro atoms. The summed E-state index contributed by atoms with van der Waals surface area (Å²) in [5, 5.41) is 12.7. The van der Waals surface area contributed by atoms with Crippen LogP contribution in [0.5, 0.6) is 5.75 Å². The number of aromatic nitrogens is 2. The van der Waals surface area contributed by atoms with Crippen molar-refractivity contribution in [3.05, 3.63) is 76.7 Å². The number of ether oxygens (including phenoxy) is 1. The van der Waals surface area contributed by atoms with Gasteiger partial charge in [-0.05, 0) is 60.7 Å². The number of anilines is 2. The summed E-state index contributed by atoms with van der Waals surface area (Å²) in [6, 6.07) is 14.1. The quantitative estimate of drug-likeness (QED) is 0.569. The van der Waals surface area contributed by atoms with Crippen LogP contribution in [0.3, 0.4) is 0 Å². The number of rotatable bonds is 5. The van der Waals surface area contributed by atoms with Crippen LogP contribution >= 0.6 is 0 Å². The van der Waals surface area contributed by atoms with Crippen molar-refractivity contribution in [3.8, 4) is 11.8 Å². The summed E-state index contributed by atoms with van der Waals surface area (Å²) in [7, 11) is 1.65. The first-order valence-electron chi connectivity index (χ1n) is 11.6. The third kappa shape index (κ3) is 3.65. The Bertz CT molecular complexity index is 1270. The number of nitrogens with zero attached hydrogens (tertiary/aromatic N) is 4. The molecule has 2 aliphatic rings. The number of methoxy groups -OCH3 is 1. The van der Waals surface area contributed by atoms with Crippen molar-refractivity contribution in [2.24, 2.45) is 0 Å². The van der Waals surface area contributed by atoms with Gasteiger partial charge in [0.2, 0.25) is 0 Å². The lowest BCUT2D eigenvalue weighted by Crippen LogP contribution is -2.44. The van der Waals surface area contributed by atoms with Crippen LogP contribution in [0.4, 0.5) is 11.5 Å². The zero-order valence-corrected chi connectivity index (χ0v) is 19.5. The molecule has 2 heterocycles. The Hall–Kier alpha value is -3.92. The summed E-state index contributed by atoms with van der Waals surface area (Å²) in [5.74, 6) is 1.37. The largest absolute Gasteiger partial charge is 0.497 e. The predicted molar refractivity (Wildman–Crippen MR) is 129 cm³/mol. The number of carbonyl (C=O) groups is 1. The van der Waals surface area contributed by atoms with Crippen LogP contribution in [0, 0.1) is 18.3 Å². The van der Waals surface area contributed by atoms with Gasteiger partial charge in [0.15, 0.2) is 5.82 Å². The van der Waals surface area contributed by atoms with Crippen molar-refractivity contribution in [2.75, 3.05) is 12.4 Å². The number of hydrogen-bond acceptors (Lipinski definition) is 6. The molecule has 0 unspecified atom stereocenters. The number of carbonyl (C=O) groups excluding carboxylic acids is 1. The normalized spacial score (nSPS) is 16.3. The van der Waals surface area contributed by atoms with Gasteiger partial charge in [0, 0.05) is 17.8 Å². The van der Waals surface area contributed by atoms with E-state index in [1.807, 2.05) is 37.3 Å². The standard InChI is InChI=1S/C27H27N5O2/c1-18-12-21(31-25-20(14-28)15-29-17-30-25)13-23-24(18)26(33)32(27(23)10-4-3-5-11-27)16-19-6-8-22(34-2)9-7-19/h6-9,12-13,15,17H,3-5,10-11,16H2,1-2H3,(H,29,30,31). The Balaban J connectivity index is 1.55. The minimum atomic E-state index is -0.323. The molecule has 7 nitrogen and oxygen atoms in total. The molecule has 3 aromatic rings. The lowest BCUT2D eigenvalue weighted by atomic mass is 9.76. The van der Waals surface area contributed by atoms with E-state index < -0.39 is 0 Å². The van der Waals surface area contributed by atoms with Gasteiger partial charge >= 0.3 is 0 Å². The Morgan fingerprint density at radius 3 is 2.65 bits per heavy atom. The van der Waals surface area contributed by atoms with E-state index in [1.54, 1.807) is 7.11 Å². The summed E-state index contributed by atoms with van der Waals surface area (Å²) in [5.41, 5.74) is 4.80. The van der Waals surface area contributed by atoms with E-state index in [4.69, 9.17) is 4.74 Å². The molecule has 1 N–H and O–H groups in total. The maximum atomic E-state index is 13.8. The highest BCUT2D eigenvalue weighted by atomic mass is 16.5. The number of nitrogens with one attached hydrogen (secondary N) is 1. The minimum absolute atomic E-state index is 0.0940. The van der Waals surface area contributed by atoms with Gasteiger partial charge in [-0.15, -0.1) is 0 Å². The molecule has 0 saturated heterocycles. The molecular weight excluding hydrogens is 426 g/mol. The van der Waals surface area contributed by atoms with Crippen molar-refractivity contribution in [2.45, 2.75) is 51.1 Å². The maximum absolute atomic E-state index is 13.8. The van der Waals surface area contributed by atoms with Gasteiger partial charge in [0.1, 0.15) is 23.7 Å². The van der Waals surface area contributed by atoms with E-state index in [1.165, 1.54) is 18.9 Å². The number of fused-ring (bicyclic) bond motifs is 2. The second kappa shape index (κ2) is 8.79. The second-order valence-electron chi connectivity index (χ2n) is 9.07. The molecule has 1 aliphatic carbocycles. The zero-order chi connectivity index (χ0) is 23.7. The second-order valence-corrected chi connectivity index (χ2v) is 9.07. The van der Waals surface area contributed by atoms with Crippen LogP contribution in [0.1, 0.15) is 64.7 Å². The van der Waals surface area contributed by atoms with E-state index in [9.17, 15) is 10.1 Å². The average Bonchev–Trinajstić information content (AvgIpc) is 3.08. The van der Waals surface area contributed by atoms with Gasteiger partial charge in [-0.25, -0.2) is 9.97 Å². The van der Waals surface area contributed by atoms with Crippen molar-refractivity contribution in [1.29, 1.82) is 5.26 Å². The molecule has 7 heteroatoms. The van der Waals surface area contributed by atoms with E-state index in [0.717, 1.165) is 59.4 Å². The summed E-state index contributed by atoms with van der Waals surface area (Å²) in [6.07, 6.45) is 8.18. The number of nitriles is 1. The molecule has 0 radical (unpaired) electrons. The Morgan fingerprint density at radius 2 is 1.94 bits per heavy atom. The molecular formula is C27H27N5O2. The van der Waals surface area contributed by atoms with Crippen molar-refractivity contribution in [1.82, 2.24) is 14.9 Å². The fraction of sp³-hybridized carbons (Fsp3) is 0.333. The van der Waals surface area contributed by atoms with Crippen LogP contribution in [-0.4, -0.2) is 27.9 Å². The summed E-state index contributed by atoms with van der Waals surface area (Å²) in [4.78, 5) is 24.1. The van der Waals surface area contributed by atoms with Gasteiger partial charge in [-0.2, -0.15) is 5.26 Å². The first-order chi connectivity index (χ1) is 16.6. The van der Waals surface area contributed by atoms with Crippen LogP contribution in [-0.2, 0) is 12.1 Å². The fourth-order valence-electron chi connectivity index (χ4n) is 5.45. The highest BCUT2D eigenvalue weighted by Gasteiger charge is 2.50. The predicted octanol–water partition coefficient (Wildman–Crippen LogP) is 5.22. The Labute approximate surface area is 199 Å². The van der Waals surface area contributed by atoms with Crippen LogP contribution < -0.4 is 10.1 Å². The third-order valence-electron chi connectivity index (χ3n) is 7.09. The molecule has 0 bridgehead atoms. The molecule has 1 saturated carbocycles. The molecule has 172 valence electrons. The third-order valence-corrected chi connectivity index (χ3v) is 7.09. The molecule has 2 aromatic carbocycles. The first-order valence-corrected chi connectivity index (χ1v) is 11.6. The van der Waals surface area contributed by atoms with Crippen LogP contribution in [0.2, 0.25) is 0 Å². The Kier molecular flexibility index (Phi) is 5.66. The molecule has 5 rings (SSSR count). The molecule has 1 aromatic heterocycles. The summed E-state index contributed by atoms with van der Waals surface area (Å²) in [6.45, 7) is 2.55. The molecule has 1 fully saturated rings. The maximum Gasteiger partial charge on any atom is 0.255 e. The number of hydrogen-bond donors (Lipinski definition) is 1. The van der Waals surface area contributed by atoms with Crippen LogP contribution in [0.15, 0.2) is 48.9 Å². The molecule has 34 heavy (non-hydrogen) atoms. The molecule has 1 aliphatic heterocycles.